The number of benzene rings is 3. The Morgan fingerprint density at radius 3 is 2.53 bits per heavy atom. The first kappa shape index (κ1) is 20.7. The maximum Gasteiger partial charge on any atom is 0.168 e. The van der Waals surface area contributed by atoms with Crippen LogP contribution in [0.3, 0.4) is 0 Å². The lowest BCUT2D eigenvalue weighted by Crippen LogP contribution is -2.32. The quantitative estimate of drug-likeness (QED) is 0.500. The molecule has 3 aromatic rings. The number of hydrogen-bond acceptors (Lipinski definition) is 3. The molecule has 0 radical (unpaired) electrons. The van der Waals surface area contributed by atoms with Crippen LogP contribution < -0.4 is 9.47 Å². The molecule has 156 valence electrons. The third-order valence-electron chi connectivity index (χ3n) is 5.75. The number of halogens is 2. The monoisotopic (exact) mass is 425 g/mol. The van der Waals surface area contributed by atoms with Crippen LogP contribution in [0.15, 0.2) is 54.6 Å². The number of rotatable bonds is 6. The lowest BCUT2D eigenvalue weighted by atomic mass is 9.89. The van der Waals surface area contributed by atoms with Gasteiger partial charge in [0.25, 0.3) is 0 Å². The number of nitrogens with zero attached hydrogens (tertiary/aromatic N) is 1. The second-order valence-electron chi connectivity index (χ2n) is 7.47. The van der Waals surface area contributed by atoms with Gasteiger partial charge in [0.05, 0.1) is 14.2 Å². The van der Waals surface area contributed by atoms with Gasteiger partial charge >= 0.3 is 0 Å². The van der Waals surface area contributed by atoms with Gasteiger partial charge in [-0.25, -0.2) is 4.39 Å². The zero-order valence-electron chi connectivity index (χ0n) is 17.3. The number of ether oxygens (including phenoxy) is 2. The van der Waals surface area contributed by atoms with Gasteiger partial charge in [-0.2, -0.15) is 0 Å². The summed E-state index contributed by atoms with van der Waals surface area (Å²) in [7, 11) is 3.22. The standard InChI is InChI=1S/C25H25ClFNO2/c1-29-23-15-18-12-14-28(13-11-17-7-3-5-9-21(17)26)16-20(18)24(25(23)30-2)19-8-4-6-10-22(19)27/h3-10,15H,11-14,16H2,1-2H3. The molecule has 0 saturated carbocycles. The van der Waals surface area contributed by atoms with Gasteiger partial charge in [0.15, 0.2) is 11.5 Å². The van der Waals surface area contributed by atoms with E-state index in [4.69, 9.17) is 21.1 Å². The molecule has 3 nitrogen and oxygen atoms in total. The summed E-state index contributed by atoms with van der Waals surface area (Å²) in [5, 5.41) is 0.799. The lowest BCUT2D eigenvalue weighted by molar-refractivity contribution is 0.256. The fourth-order valence-electron chi connectivity index (χ4n) is 4.19. The van der Waals surface area contributed by atoms with Crippen molar-refractivity contribution >= 4 is 11.6 Å². The minimum atomic E-state index is -0.264. The number of methoxy groups -OCH3 is 2. The average Bonchev–Trinajstić information content (AvgIpc) is 2.77. The van der Waals surface area contributed by atoms with Gasteiger partial charge in [0, 0.05) is 35.8 Å². The molecule has 0 saturated heterocycles. The molecule has 5 heteroatoms. The van der Waals surface area contributed by atoms with Crippen LogP contribution in [0.1, 0.15) is 16.7 Å². The van der Waals surface area contributed by atoms with Crippen LogP contribution in [-0.2, 0) is 19.4 Å². The van der Waals surface area contributed by atoms with E-state index in [0.29, 0.717) is 17.1 Å². The Bertz CT molecular complexity index is 1050. The fraction of sp³-hybridized carbons (Fsp3) is 0.280. The van der Waals surface area contributed by atoms with Gasteiger partial charge in [-0.3, -0.25) is 4.90 Å². The van der Waals surface area contributed by atoms with E-state index >= 15 is 0 Å². The number of hydrogen-bond donors (Lipinski definition) is 0. The van der Waals surface area contributed by atoms with Crippen molar-refractivity contribution in [2.45, 2.75) is 19.4 Å². The molecular weight excluding hydrogens is 401 g/mol. The predicted octanol–water partition coefficient (Wildman–Crippen LogP) is 5.76. The minimum Gasteiger partial charge on any atom is -0.493 e. The topological polar surface area (TPSA) is 21.7 Å². The average molecular weight is 426 g/mol. The van der Waals surface area contributed by atoms with Crippen LogP contribution in [0.25, 0.3) is 11.1 Å². The molecule has 0 unspecified atom stereocenters. The van der Waals surface area contributed by atoms with E-state index in [1.807, 2.05) is 30.3 Å². The van der Waals surface area contributed by atoms with Crippen molar-refractivity contribution in [3.05, 3.63) is 82.1 Å². The van der Waals surface area contributed by atoms with Crippen LogP contribution >= 0.6 is 11.6 Å². The predicted molar refractivity (Wildman–Crippen MR) is 119 cm³/mol. The Kier molecular flexibility index (Phi) is 6.26. The highest BCUT2D eigenvalue weighted by molar-refractivity contribution is 6.31. The van der Waals surface area contributed by atoms with E-state index in [1.54, 1.807) is 26.4 Å². The van der Waals surface area contributed by atoms with Crippen molar-refractivity contribution in [2.24, 2.45) is 0 Å². The smallest absolute Gasteiger partial charge is 0.168 e. The first-order valence-corrected chi connectivity index (χ1v) is 10.5. The van der Waals surface area contributed by atoms with E-state index in [0.717, 1.165) is 54.2 Å². The Hall–Kier alpha value is -2.56. The van der Waals surface area contributed by atoms with Gasteiger partial charge in [-0.05, 0) is 47.7 Å². The van der Waals surface area contributed by atoms with Gasteiger partial charge in [-0.1, -0.05) is 48.0 Å². The SMILES string of the molecule is COc1cc2c(c(-c3ccccc3F)c1OC)CN(CCc1ccccc1Cl)CC2. The molecule has 3 aromatic carbocycles. The molecule has 0 aromatic heterocycles. The van der Waals surface area contributed by atoms with Crippen molar-refractivity contribution in [1.29, 1.82) is 0 Å². The summed E-state index contributed by atoms with van der Waals surface area (Å²) < 4.78 is 26.1. The molecule has 1 aliphatic rings. The summed E-state index contributed by atoms with van der Waals surface area (Å²) in [6.45, 7) is 2.54. The van der Waals surface area contributed by atoms with E-state index in [1.165, 1.54) is 11.6 Å². The van der Waals surface area contributed by atoms with E-state index in [9.17, 15) is 4.39 Å². The summed E-state index contributed by atoms with van der Waals surface area (Å²) in [5.41, 5.74) is 4.75. The molecule has 4 rings (SSSR count). The highest BCUT2D eigenvalue weighted by Crippen LogP contribution is 2.45. The molecule has 0 N–H and O–H groups in total. The van der Waals surface area contributed by atoms with Crippen molar-refractivity contribution in [3.8, 4) is 22.6 Å². The molecule has 0 amide bonds. The van der Waals surface area contributed by atoms with Crippen molar-refractivity contribution in [2.75, 3.05) is 27.3 Å². The lowest BCUT2D eigenvalue weighted by Gasteiger charge is -2.32. The summed E-state index contributed by atoms with van der Waals surface area (Å²) in [5.74, 6) is 0.952. The molecule has 0 spiro atoms. The Morgan fingerprint density at radius 1 is 1.03 bits per heavy atom. The molecule has 0 bridgehead atoms. The second-order valence-corrected chi connectivity index (χ2v) is 7.88. The zero-order valence-corrected chi connectivity index (χ0v) is 18.0. The van der Waals surface area contributed by atoms with Crippen LogP contribution in [0, 0.1) is 5.82 Å². The third-order valence-corrected chi connectivity index (χ3v) is 6.12. The largest absolute Gasteiger partial charge is 0.493 e. The molecule has 0 atom stereocenters. The van der Waals surface area contributed by atoms with Crippen LogP contribution in [0.4, 0.5) is 4.39 Å². The summed E-state index contributed by atoms with van der Waals surface area (Å²) in [6.07, 6.45) is 1.75. The van der Waals surface area contributed by atoms with Crippen LogP contribution in [0.5, 0.6) is 11.5 Å². The minimum absolute atomic E-state index is 0.264. The molecule has 1 heterocycles. The van der Waals surface area contributed by atoms with Gasteiger partial charge < -0.3 is 9.47 Å². The normalized spacial score (nSPS) is 13.7. The molecular formula is C25H25ClFNO2. The summed E-state index contributed by atoms with van der Waals surface area (Å²) in [4.78, 5) is 2.39. The Labute approximate surface area is 182 Å². The molecule has 0 fully saturated rings. The van der Waals surface area contributed by atoms with Crippen LogP contribution in [-0.4, -0.2) is 32.2 Å². The fourth-order valence-corrected chi connectivity index (χ4v) is 4.42. The van der Waals surface area contributed by atoms with Gasteiger partial charge in [0.2, 0.25) is 0 Å². The first-order valence-electron chi connectivity index (χ1n) is 10.1. The maximum absolute atomic E-state index is 14.8. The van der Waals surface area contributed by atoms with Crippen molar-refractivity contribution in [3.63, 3.8) is 0 Å². The van der Waals surface area contributed by atoms with Crippen LogP contribution in [0.2, 0.25) is 5.02 Å². The second kappa shape index (κ2) is 9.07. The molecule has 1 aliphatic heterocycles. The van der Waals surface area contributed by atoms with E-state index in [2.05, 4.69) is 11.0 Å². The Balaban J connectivity index is 1.70. The van der Waals surface area contributed by atoms with Crippen molar-refractivity contribution in [1.82, 2.24) is 4.90 Å². The molecule has 0 aliphatic carbocycles. The van der Waals surface area contributed by atoms with E-state index in [-0.39, 0.29) is 5.82 Å². The highest BCUT2D eigenvalue weighted by atomic mass is 35.5. The summed E-state index contributed by atoms with van der Waals surface area (Å²) in [6, 6.07) is 16.8. The first-order chi connectivity index (χ1) is 14.6. The van der Waals surface area contributed by atoms with Gasteiger partial charge in [0.1, 0.15) is 5.82 Å². The third kappa shape index (κ3) is 4.03. The molecule has 30 heavy (non-hydrogen) atoms. The number of fused-ring (bicyclic) bond motifs is 1. The van der Waals surface area contributed by atoms with E-state index < -0.39 is 0 Å². The Morgan fingerprint density at radius 2 is 1.80 bits per heavy atom. The maximum atomic E-state index is 14.8. The summed E-state index contributed by atoms with van der Waals surface area (Å²) >= 11 is 6.33. The highest BCUT2D eigenvalue weighted by Gasteiger charge is 2.27. The van der Waals surface area contributed by atoms with Gasteiger partial charge in [-0.15, -0.1) is 0 Å². The zero-order chi connectivity index (χ0) is 21.1. The van der Waals surface area contributed by atoms with Crippen molar-refractivity contribution < 1.29 is 13.9 Å².